The lowest BCUT2D eigenvalue weighted by molar-refractivity contribution is 0.0915. The molecule has 6 heteroatoms. The first kappa shape index (κ1) is 14.7. The molecule has 1 aromatic rings. The summed E-state index contributed by atoms with van der Waals surface area (Å²) in [6.45, 7) is 3.68. The van der Waals surface area contributed by atoms with Gasteiger partial charge in [-0.2, -0.15) is 5.26 Å². The molecule has 0 aromatic carbocycles. The maximum absolute atomic E-state index is 12.0. The van der Waals surface area contributed by atoms with E-state index in [0.29, 0.717) is 12.8 Å². The number of aromatic nitrogens is 1. The molecule has 0 atom stereocenters. The molecule has 1 amide bonds. The second kappa shape index (κ2) is 6.03. The van der Waals surface area contributed by atoms with Gasteiger partial charge in [0.05, 0.1) is 11.6 Å². The quantitative estimate of drug-likeness (QED) is 0.864. The Morgan fingerprint density at radius 3 is 2.50 bits per heavy atom. The van der Waals surface area contributed by atoms with Crippen LogP contribution < -0.4 is 5.32 Å². The standard InChI is InChI=1S/C12H13Cl2N3O/c1-3-12(4-2,7-15)17-11(18)8-5-6-9(13)16-10(8)14/h5-6H,3-4H2,1-2H3,(H,17,18). The lowest BCUT2D eigenvalue weighted by Gasteiger charge is -2.24. The first-order valence-corrected chi connectivity index (χ1v) is 6.29. The lowest BCUT2D eigenvalue weighted by Crippen LogP contribution is -2.46. The largest absolute Gasteiger partial charge is 0.334 e. The van der Waals surface area contributed by atoms with E-state index in [1.165, 1.54) is 12.1 Å². The van der Waals surface area contributed by atoms with E-state index < -0.39 is 11.4 Å². The first-order chi connectivity index (χ1) is 8.48. The molecule has 0 spiro atoms. The van der Waals surface area contributed by atoms with Crippen LogP contribution in [0.15, 0.2) is 12.1 Å². The molecule has 0 aliphatic heterocycles. The SMILES string of the molecule is CCC(C#N)(CC)NC(=O)c1ccc(Cl)nc1Cl. The average Bonchev–Trinajstić information content (AvgIpc) is 2.36. The number of pyridine rings is 1. The summed E-state index contributed by atoms with van der Waals surface area (Å²) < 4.78 is 0. The third-order valence-corrected chi connectivity index (χ3v) is 3.33. The molecule has 0 bridgehead atoms. The van der Waals surface area contributed by atoms with Crippen molar-refractivity contribution in [3.63, 3.8) is 0 Å². The maximum Gasteiger partial charge on any atom is 0.255 e. The average molecular weight is 286 g/mol. The number of rotatable bonds is 4. The van der Waals surface area contributed by atoms with Crippen LogP contribution in [0.3, 0.4) is 0 Å². The van der Waals surface area contributed by atoms with Gasteiger partial charge < -0.3 is 5.32 Å². The molecule has 0 unspecified atom stereocenters. The van der Waals surface area contributed by atoms with Crippen LogP contribution >= 0.6 is 23.2 Å². The van der Waals surface area contributed by atoms with Gasteiger partial charge in [0.1, 0.15) is 15.8 Å². The molecule has 18 heavy (non-hydrogen) atoms. The van der Waals surface area contributed by atoms with Crippen LogP contribution in [0.4, 0.5) is 0 Å². The molecule has 1 heterocycles. The van der Waals surface area contributed by atoms with Crippen molar-refractivity contribution in [2.45, 2.75) is 32.2 Å². The highest BCUT2D eigenvalue weighted by Crippen LogP contribution is 2.19. The Morgan fingerprint density at radius 2 is 2.06 bits per heavy atom. The first-order valence-electron chi connectivity index (χ1n) is 5.53. The Bertz CT molecular complexity index is 493. The fourth-order valence-corrected chi connectivity index (χ4v) is 1.91. The van der Waals surface area contributed by atoms with Crippen molar-refractivity contribution in [1.29, 1.82) is 5.26 Å². The van der Waals surface area contributed by atoms with Crippen LogP contribution in [0, 0.1) is 11.3 Å². The van der Waals surface area contributed by atoms with Gasteiger partial charge in [-0.15, -0.1) is 0 Å². The van der Waals surface area contributed by atoms with Gasteiger partial charge in [0.25, 0.3) is 5.91 Å². The highest BCUT2D eigenvalue weighted by molar-refractivity contribution is 6.34. The number of carbonyl (C=O) groups is 1. The van der Waals surface area contributed by atoms with Crippen molar-refractivity contribution in [2.24, 2.45) is 0 Å². The minimum Gasteiger partial charge on any atom is -0.334 e. The van der Waals surface area contributed by atoms with Crippen LogP contribution in [-0.4, -0.2) is 16.4 Å². The predicted molar refractivity (Wildman–Crippen MR) is 70.6 cm³/mol. The molecule has 4 nitrogen and oxygen atoms in total. The molecule has 1 N–H and O–H groups in total. The topological polar surface area (TPSA) is 65.8 Å². The van der Waals surface area contributed by atoms with E-state index in [-0.39, 0.29) is 15.9 Å². The Labute approximate surface area is 116 Å². The molecular weight excluding hydrogens is 273 g/mol. The number of halogens is 2. The number of hydrogen-bond donors (Lipinski definition) is 1. The summed E-state index contributed by atoms with van der Waals surface area (Å²) in [4.78, 5) is 15.8. The molecule has 0 saturated heterocycles. The zero-order valence-electron chi connectivity index (χ0n) is 10.1. The molecule has 0 saturated carbocycles. The second-order valence-electron chi connectivity index (χ2n) is 3.83. The van der Waals surface area contributed by atoms with E-state index in [2.05, 4.69) is 16.4 Å². The summed E-state index contributed by atoms with van der Waals surface area (Å²) in [5, 5.41) is 12.1. The summed E-state index contributed by atoms with van der Waals surface area (Å²) in [5.41, 5.74) is -0.664. The lowest BCUT2D eigenvalue weighted by atomic mass is 9.94. The number of hydrogen-bond acceptors (Lipinski definition) is 3. The predicted octanol–water partition coefficient (Wildman–Crippen LogP) is 3.20. The minimum atomic E-state index is -0.875. The van der Waals surface area contributed by atoms with E-state index >= 15 is 0 Å². The summed E-state index contributed by atoms with van der Waals surface area (Å²) in [6.07, 6.45) is 1.04. The minimum absolute atomic E-state index is 0.0269. The Morgan fingerprint density at radius 1 is 1.44 bits per heavy atom. The summed E-state index contributed by atoms with van der Waals surface area (Å²) in [6, 6.07) is 5.09. The normalized spacial score (nSPS) is 10.8. The van der Waals surface area contributed by atoms with E-state index in [0.717, 1.165) is 0 Å². The number of carbonyl (C=O) groups excluding carboxylic acids is 1. The van der Waals surface area contributed by atoms with E-state index in [4.69, 9.17) is 28.5 Å². The van der Waals surface area contributed by atoms with Gasteiger partial charge in [-0.1, -0.05) is 37.0 Å². The maximum atomic E-state index is 12.0. The molecule has 1 aromatic heterocycles. The van der Waals surface area contributed by atoms with Crippen molar-refractivity contribution >= 4 is 29.1 Å². The molecule has 0 fully saturated rings. The summed E-state index contributed by atoms with van der Waals surface area (Å²) >= 11 is 11.5. The molecule has 96 valence electrons. The van der Waals surface area contributed by atoms with E-state index in [1.54, 1.807) is 0 Å². The van der Waals surface area contributed by atoms with Gasteiger partial charge >= 0.3 is 0 Å². The van der Waals surface area contributed by atoms with Gasteiger partial charge in [-0.3, -0.25) is 4.79 Å². The zero-order valence-corrected chi connectivity index (χ0v) is 11.6. The number of nitriles is 1. The third-order valence-electron chi connectivity index (χ3n) is 2.83. The molecule has 1 rings (SSSR count). The smallest absolute Gasteiger partial charge is 0.255 e. The Hall–Kier alpha value is -1.31. The molecule has 0 aliphatic rings. The van der Waals surface area contributed by atoms with Gasteiger partial charge in [0, 0.05) is 0 Å². The van der Waals surface area contributed by atoms with Crippen LogP contribution in [-0.2, 0) is 0 Å². The van der Waals surface area contributed by atoms with Gasteiger partial charge in [0.15, 0.2) is 0 Å². The van der Waals surface area contributed by atoms with Crippen LogP contribution in [0.5, 0.6) is 0 Å². The van der Waals surface area contributed by atoms with Crippen LogP contribution in [0.25, 0.3) is 0 Å². The van der Waals surface area contributed by atoms with Crippen molar-refractivity contribution in [3.05, 3.63) is 28.0 Å². The summed E-state index contributed by atoms with van der Waals surface area (Å²) in [5.74, 6) is -0.422. The number of nitrogens with one attached hydrogen (secondary N) is 1. The number of nitrogens with zero attached hydrogens (tertiary/aromatic N) is 2. The zero-order chi connectivity index (χ0) is 13.8. The molecular formula is C12H13Cl2N3O. The van der Waals surface area contributed by atoms with Crippen molar-refractivity contribution < 1.29 is 4.79 Å². The fraction of sp³-hybridized carbons (Fsp3) is 0.417. The fourth-order valence-electron chi connectivity index (χ4n) is 1.48. The van der Waals surface area contributed by atoms with Gasteiger partial charge in [0.2, 0.25) is 0 Å². The second-order valence-corrected chi connectivity index (χ2v) is 4.57. The van der Waals surface area contributed by atoms with Gasteiger partial charge in [-0.25, -0.2) is 4.98 Å². The van der Waals surface area contributed by atoms with Crippen LogP contribution in [0.2, 0.25) is 10.3 Å². The molecule has 0 aliphatic carbocycles. The summed E-state index contributed by atoms with van der Waals surface area (Å²) in [7, 11) is 0. The van der Waals surface area contributed by atoms with Crippen molar-refractivity contribution in [2.75, 3.05) is 0 Å². The van der Waals surface area contributed by atoms with Crippen molar-refractivity contribution in [1.82, 2.24) is 10.3 Å². The van der Waals surface area contributed by atoms with Crippen molar-refractivity contribution in [3.8, 4) is 6.07 Å². The Balaban J connectivity index is 2.99. The monoisotopic (exact) mass is 285 g/mol. The third kappa shape index (κ3) is 3.12. The van der Waals surface area contributed by atoms with Crippen LogP contribution in [0.1, 0.15) is 37.0 Å². The highest BCUT2D eigenvalue weighted by Gasteiger charge is 2.29. The molecule has 0 radical (unpaired) electrons. The van der Waals surface area contributed by atoms with E-state index in [9.17, 15) is 4.79 Å². The van der Waals surface area contributed by atoms with Gasteiger partial charge in [-0.05, 0) is 25.0 Å². The Kier molecular flexibility index (Phi) is 4.94. The number of amides is 1. The van der Waals surface area contributed by atoms with E-state index in [1.807, 2.05) is 13.8 Å². The highest BCUT2D eigenvalue weighted by atomic mass is 35.5.